The minimum absolute atomic E-state index is 0.0282. The average molecular weight is 318 g/mol. The van der Waals surface area contributed by atoms with Crippen molar-refractivity contribution in [2.75, 3.05) is 31.1 Å². The van der Waals surface area contributed by atoms with Crippen molar-refractivity contribution < 1.29 is 23.1 Å². The van der Waals surface area contributed by atoms with Crippen LogP contribution in [0, 0.1) is 5.92 Å². The Bertz CT molecular complexity index is 505. The van der Waals surface area contributed by atoms with E-state index in [0.717, 1.165) is 19.4 Å². The number of carbonyl (C=O) groups is 2. The van der Waals surface area contributed by atoms with Crippen LogP contribution in [0.1, 0.15) is 25.7 Å². The van der Waals surface area contributed by atoms with Gasteiger partial charge in [0.15, 0.2) is 9.84 Å². The van der Waals surface area contributed by atoms with Crippen LogP contribution in [0.2, 0.25) is 0 Å². The topological polar surface area (TPSA) is 104 Å². The molecule has 1 amide bonds. The summed E-state index contributed by atoms with van der Waals surface area (Å²) in [5.74, 6) is -0.714. The van der Waals surface area contributed by atoms with Crippen molar-refractivity contribution in [1.82, 2.24) is 10.2 Å². The van der Waals surface area contributed by atoms with Gasteiger partial charge in [0.25, 0.3) is 0 Å². The zero-order valence-electron chi connectivity index (χ0n) is 12.0. The van der Waals surface area contributed by atoms with Crippen molar-refractivity contribution in [2.45, 2.75) is 31.7 Å². The van der Waals surface area contributed by atoms with E-state index in [1.54, 1.807) is 0 Å². The first kappa shape index (κ1) is 16.2. The van der Waals surface area contributed by atoms with Gasteiger partial charge in [0.2, 0.25) is 5.91 Å². The van der Waals surface area contributed by atoms with Gasteiger partial charge in [-0.1, -0.05) is 0 Å². The summed E-state index contributed by atoms with van der Waals surface area (Å²) in [6.45, 7) is 1.61. The summed E-state index contributed by atoms with van der Waals surface area (Å²) < 4.78 is 22.7. The molecule has 0 aromatic carbocycles. The highest BCUT2D eigenvalue weighted by atomic mass is 32.2. The minimum atomic E-state index is -2.99. The second kappa shape index (κ2) is 6.74. The molecule has 2 fully saturated rings. The molecule has 2 N–H and O–H groups in total. The fourth-order valence-corrected chi connectivity index (χ4v) is 4.77. The van der Waals surface area contributed by atoms with Crippen LogP contribution >= 0.6 is 0 Å². The second-order valence-electron chi connectivity index (χ2n) is 6.01. The highest BCUT2D eigenvalue weighted by Crippen LogP contribution is 2.19. The standard InChI is InChI=1S/C13H22N2O5S/c16-12(14-11-3-5-21(19,20)9-11)8-15-4-1-2-10(7-15)6-13(17)18/h10-11H,1-9H2,(H,14,16)(H,17,18). The number of hydrogen-bond acceptors (Lipinski definition) is 5. The van der Waals surface area contributed by atoms with E-state index in [-0.39, 0.29) is 42.3 Å². The number of likely N-dealkylation sites (tertiary alicyclic amines) is 1. The van der Waals surface area contributed by atoms with E-state index in [1.807, 2.05) is 4.90 Å². The van der Waals surface area contributed by atoms with Gasteiger partial charge in [-0.25, -0.2) is 8.42 Å². The molecule has 2 heterocycles. The summed E-state index contributed by atoms with van der Waals surface area (Å²) in [5, 5.41) is 11.6. The van der Waals surface area contributed by atoms with E-state index in [1.165, 1.54) is 0 Å². The Hall–Kier alpha value is -1.15. The van der Waals surface area contributed by atoms with Gasteiger partial charge in [-0.05, 0) is 31.7 Å². The van der Waals surface area contributed by atoms with Gasteiger partial charge in [-0.2, -0.15) is 0 Å². The van der Waals surface area contributed by atoms with Crippen molar-refractivity contribution in [3.8, 4) is 0 Å². The molecule has 2 saturated heterocycles. The number of carboxylic acid groups (broad SMARTS) is 1. The van der Waals surface area contributed by atoms with Gasteiger partial charge in [0, 0.05) is 19.0 Å². The molecule has 0 aromatic rings. The number of carboxylic acids is 1. The van der Waals surface area contributed by atoms with Crippen LogP contribution in [0.4, 0.5) is 0 Å². The Morgan fingerprint density at radius 1 is 1.29 bits per heavy atom. The third kappa shape index (κ3) is 5.28. The van der Waals surface area contributed by atoms with Crippen LogP contribution in [0.5, 0.6) is 0 Å². The van der Waals surface area contributed by atoms with Gasteiger partial charge < -0.3 is 10.4 Å². The van der Waals surface area contributed by atoms with Crippen molar-refractivity contribution in [1.29, 1.82) is 0 Å². The van der Waals surface area contributed by atoms with E-state index in [0.29, 0.717) is 13.0 Å². The maximum absolute atomic E-state index is 11.9. The molecule has 0 saturated carbocycles. The summed E-state index contributed by atoms with van der Waals surface area (Å²) >= 11 is 0. The summed E-state index contributed by atoms with van der Waals surface area (Å²) in [5.41, 5.74) is 0. The van der Waals surface area contributed by atoms with E-state index < -0.39 is 15.8 Å². The van der Waals surface area contributed by atoms with Crippen LogP contribution in [-0.4, -0.2) is 67.5 Å². The molecule has 2 atom stereocenters. The number of hydrogen-bond donors (Lipinski definition) is 2. The Morgan fingerprint density at radius 3 is 2.67 bits per heavy atom. The number of sulfone groups is 1. The molecule has 8 heteroatoms. The van der Waals surface area contributed by atoms with Crippen LogP contribution in [0.3, 0.4) is 0 Å². The third-order valence-corrected chi connectivity index (χ3v) is 5.80. The molecule has 21 heavy (non-hydrogen) atoms. The number of nitrogens with zero attached hydrogens (tertiary/aromatic N) is 1. The SMILES string of the molecule is O=C(O)CC1CCCN(CC(=O)NC2CCS(=O)(=O)C2)C1. The quantitative estimate of drug-likeness (QED) is 0.707. The summed E-state index contributed by atoms with van der Waals surface area (Å²) in [6.07, 6.45) is 2.39. The van der Waals surface area contributed by atoms with E-state index in [9.17, 15) is 18.0 Å². The third-order valence-electron chi connectivity index (χ3n) is 4.03. The number of aliphatic carboxylic acids is 1. The zero-order valence-corrected chi connectivity index (χ0v) is 12.8. The lowest BCUT2D eigenvalue weighted by molar-refractivity contribution is -0.138. The molecule has 2 rings (SSSR count). The van der Waals surface area contributed by atoms with Crippen LogP contribution in [-0.2, 0) is 19.4 Å². The lowest BCUT2D eigenvalue weighted by Crippen LogP contribution is -2.45. The van der Waals surface area contributed by atoms with Crippen LogP contribution in [0.25, 0.3) is 0 Å². The molecule has 2 aliphatic heterocycles. The first-order valence-corrected chi connectivity index (χ1v) is 9.10. The van der Waals surface area contributed by atoms with E-state index >= 15 is 0 Å². The molecule has 120 valence electrons. The van der Waals surface area contributed by atoms with Gasteiger partial charge in [0.1, 0.15) is 0 Å². The van der Waals surface area contributed by atoms with Gasteiger partial charge in [0.05, 0.1) is 18.1 Å². The molecule has 7 nitrogen and oxygen atoms in total. The molecule has 2 unspecified atom stereocenters. The lowest BCUT2D eigenvalue weighted by atomic mass is 9.95. The number of piperidine rings is 1. The van der Waals surface area contributed by atoms with Gasteiger partial charge >= 0.3 is 5.97 Å². The molecule has 0 spiro atoms. The number of rotatable bonds is 5. The average Bonchev–Trinajstić information content (AvgIpc) is 2.67. The lowest BCUT2D eigenvalue weighted by Gasteiger charge is -2.31. The zero-order chi connectivity index (χ0) is 15.5. The Labute approximate surface area is 124 Å². The first-order valence-electron chi connectivity index (χ1n) is 7.28. The van der Waals surface area contributed by atoms with Crippen LogP contribution in [0.15, 0.2) is 0 Å². The van der Waals surface area contributed by atoms with Crippen LogP contribution < -0.4 is 5.32 Å². The van der Waals surface area contributed by atoms with Gasteiger partial charge in [-0.15, -0.1) is 0 Å². The molecular weight excluding hydrogens is 296 g/mol. The fraction of sp³-hybridized carbons (Fsp3) is 0.846. The fourth-order valence-electron chi connectivity index (χ4n) is 3.09. The molecular formula is C13H22N2O5S. The molecule has 0 radical (unpaired) electrons. The molecule has 0 aromatic heterocycles. The first-order chi connectivity index (χ1) is 9.84. The Morgan fingerprint density at radius 2 is 2.05 bits per heavy atom. The van der Waals surface area contributed by atoms with Crippen molar-refractivity contribution in [2.24, 2.45) is 5.92 Å². The predicted molar refractivity (Wildman–Crippen MR) is 76.6 cm³/mol. The van der Waals surface area contributed by atoms with E-state index in [2.05, 4.69) is 5.32 Å². The summed E-state index contributed by atoms with van der Waals surface area (Å²) in [4.78, 5) is 24.6. The predicted octanol–water partition coefficient (Wildman–Crippen LogP) is -0.524. The smallest absolute Gasteiger partial charge is 0.303 e. The molecule has 0 bridgehead atoms. The number of carbonyl (C=O) groups excluding carboxylic acids is 1. The minimum Gasteiger partial charge on any atom is -0.481 e. The maximum atomic E-state index is 11.9. The van der Waals surface area contributed by atoms with Crippen molar-refractivity contribution in [3.05, 3.63) is 0 Å². The molecule has 0 aliphatic carbocycles. The largest absolute Gasteiger partial charge is 0.481 e. The molecule has 2 aliphatic rings. The number of nitrogens with one attached hydrogen (secondary N) is 1. The van der Waals surface area contributed by atoms with Crippen molar-refractivity contribution in [3.63, 3.8) is 0 Å². The maximum Gasteiger partial charge on any atom is 0.303 e. The normalized spacial score (nSPS) is 29.1. The monoisotopic (exact) mass is 318 g/mol. The van der Waals surface area contributed by atoms with E-state index in [4.69, 9.17) is 5.11 Å². The van der Waals surface area contributed by atoms with Crippen molar-refractivity contribution >= 4 is 21.7 Å². The van der Waals surface area contributed by atoms with Gasteiger partial charge in [-0.3, -0.25) is 14.5 Å². The number of amides is 1. The second-order valence-corrected chi connectivity index (χ2v) is 8.24. The highest BCUT2D eigenvalue weighted by Gasteiger charge is 2.30. The Balaban J connectivity index is 1.76. The Kier molecular flexibility index (Phi) is 5.21. The summed E-state index contributed by atoms with van der Waals surface area (Å²) in [7, 11) is -2.99. The summed E-state index contributed by atoms with van der Waals surface area (Å²) in [6, 6.07) is -0.276. The highest BCUT2D eigenvalue weighted by molar-refractivity contribution is 7.91.